The van der Waals surface area contributed by atoms with Gasteiger partial charge in [-0.15, -0.1) is 0 Å². The molecule has 6 heteroatoms. The zero-order valence-electron chi connectivity index (χ0n) is 12.0. The quantitative estimate of drug-likeness (QED) is 0.797. The van der Waals surface area contributed by atoms with Gasteiger partial charge in [-0.1, -0.05) is 18.0 Å². The van der Waals surface area contributed by atoms with Crippen LogP contribution in [0.5, 0.6) is 0 Å². The van der Waals surface area contributed by atoms with Gasteiger partial charge in [0.05, 0.1) is 10.6 Å². The largest absolute Gasteiger partial charge is 0.355 e. The Kier molecular flexibility index (Phi) is 5.20. The highest BCUT2D eigenvalue weighted by atomic mass is 35.5. The molecule has 0 saturated heterocycles. The molecule has 1 aliphatic carbocycles. The molecule has 1 saturated carbocycles. The minimum absolute atomic E-state index is 0.0684. The van der Waals surface area contributed by atoms with Crippen LogP contribution < -0.4 is 16.4 Å². The Balaban J connectivity index is 1.98. The molecule has 5 nitrogen and oxygen atoms in total. The van der Waals surface area contributed by atoms with E-state index in [0.29, 0.717) is 22.7 Å². The Morgan fingerprint density at radius 3 is 2.71 bits per heavy atom. The lowest BCUT2D eigenvalue weighted by Crippen LogP contribution is -2.28. The number of rotatable bonds is 4. The monoisotopic (exact) mass is 309 g/mol. The fourth-order valence-corrected chi connectivity index (χ4v) is 2.95. The highest BCUT2D eigenvalue weighted by Gasteiger charge is 2.26. The number of halogens is 1. The van der Waals surface area contributed by atoms with Gasteiger partial charge in [-0.05, 0) is 37.0 Å². The molecule has 4 N–H and O–H groups in total. The molecule has 2 amide bonds. The minimum Gasteiger partial charge on any atom is -0.355 e. The van der Waals surface area contributed by atoms with Crippen LogP contribution >= 0.6 is 11.6 Å². The van der Waals surface area contributed by atoms with E-state index in [-0.39, 0.29) is 23.8 Å². The van der Waals surface area contributed by atoms with Crippen LogP contribution in [-0.4, -0.2) is 24.9 Å². The molecule has 0 aromatic heterocycles. The normalized spacial score (nSPS) is 21.1. The number of hydrogen-bond donors (Lipinski definition) is 3. The fraction of sp³-hybridized carbons (Fsp3) is 0.467. The van der Waals surface area contributed by atoms with Crippen molar-refractivity contribution < 1.29 is 9.59 Å². The maximum atomic E-state index is 12.0. The predicted molar refractivity (Wildman–Crippen MR) is 83.4 cm³/mol. The molecular formula is C15H20ClN3O2. The number of carbonyl (C=O) groups excluding carboxylic acids is 2. The van der Waals surface area contributed by atoms with Gasteiger partial charge in [0.2, 0.25) is 5.91 Å². The van der Waals surface area contributed by atoms with E-state index in [4.69, 9.17) is 17.3 Å². The Morgan fingerprint density at radius 2 is 2.14 bits per heavy atom. The fourth-order valence-electron chi connectivity index (χ4n) is 2.68. The van der Waals surface area contributed by atoms with Crippen LogP contribution in [0.4, 0.5) is 5.69 Å². The average molecular weight is 310 g/mol. The molecule has 1 aromatic carbocycles. The maximum Gasteiger partial charge on any atom is 0.252 e. The third kappa shape index (κ3) is 3.95. The van der Waals surface area contributed by atoms with Gasteiger partial charge in [-0.25, -0.2) is 0 Å². The van der Waals surface area contributed by atoms with E-state index in [0.717, 1.165) is 19.3 Å². The van der Waals surface area contributed by atoms with Crippen molar-refractivity contribution in [3.05, 3.63) is 28.8 Å². The maximum absolute atomic E-state index is 12.0. The second-order valence-corrected chi connectivity index (χ2v) is 5.79. The highest BCUT2D eigenvalue weighted by molar-refractivity contribution is 6.34. The third-order valence-electron chi connectivity index (χ3n) is 3.89. The number of nitrogens with one attached hydrogen (secondary N) is 2. The number of anilines is 1. The van der Waals surface area contributed by atoms with Crippen molar-refractivity contribution in [2.24, 2.45) is 11.7 Å². The first-order chi connectivity index (χ1) is 10.0. The van der Waals surface area contributed by atoms with Crippen LogP contribution in [0.1, 0.15) is 36.0 Å². The van der Waals surface area contributed by atoms with Gasteiger partial charge in [0.25, 0.3) is 5.91 Å². The van der Waals surface area contributed by atoms with E-state index in [9.17, 15) is 9.59 Å². The lowest BCUT2D eigenvalue weighted by atomic mass is 10.00. The van der Waals surface area contributed by atoms with E-state index >= 15 is 0 Å². The Morgan fingerprint density at radius 1 is 1.38 bits per heavy atom. The second kappa shape index (κ2) is 6.91. The van der Waals surface area contributed by atoms with Crippen LogP contribution in [0.25, 0.3) is 0 Å². The lowest BCUT2D eigenvalue weighted by Gasteiger charge is -2.15. The Labute approximate surface area is 129 Å². The molecule has 114 valence electrons. The summed E-state index contributed by atoms with van der Waals surface area (Å²) >= 11 is 6.05. The summed E-state index contributed by atoms with van der Waals surface area (Å²) in [6.45, 7) is 0. The average Bonchev–Trinajstić information content (AvgIpc) is 2.83. The number of carbonyl (C=O) groups is 2. The Hall–Kier alpha value is -1.59. The summed E-state index contributed by atoms with van der Waals surface area (Å²) < 4.78 is 0. The van der Waals surface area contributed by atoms with Crippen molar-refractivity contribution in [3.63, 3.8) is 0 Å². The van der Waals surface area contributed by atoms with Crippen molar-refractivity contribution in [1.82, 2.24) is 5.32 Å². The molecule has 0 radical (unpaired) electrons. The number of benzene rings is 1. The zero-order valence-corrected chi connectivity index (χ0v) is 12.7. The first-order valence-corrected chi connectivity index (χ1v) is 7.46. The molecule has 0 unspecified atom stereocenters. The molecule has 0 bridgehead atoms. The smallest absolute Gasteiger partial charge is 0.252 e. The minimum atomic E-state index is -0.255. The highest BCUT2D eigenvalue weighted by Crippen LogP contribution is 2.27. The van der Waals surface area contributed by atoms with Gasteiger partial charge in [-0.2, -0.15) is 0 Å². The first kappa shape index (κ1) is 15.8. The summed E-state index contributed by atoms with van der Waals surface area (Å²) in [6.07, 6.45) is 3.51. The SMILES string of the molecule is CNC(=O)c1ccc(NC(=O)C[C@@H]2CCC[C@H]2N)cc1Cl. The van der Waals surface area contributed by atoms with E-state index in [1.807, 2.05) is 0 Å². The van der Waals surface area contributed by atoms with Gasteiger partial charge in [-0.3, -0.25) is 9.59 Å². The Bertz CT molecular complexity index is 548. The van der Waals surface area contributed by atoms with E-state index in [2.05, 4.69) is 10.6 Å². The summed E-state index contributed by atoms with van der Waals surface area (Å²) in [6, 6.07) is 4.97. The van der Waals surface area contributed by atoms with Gasteiger partial charge in [0.15, 0.2) is 0 Å². The van der Waals surface area contributed by atoms with Crippen LogP contribution in [0.2, 0.25) is 5.02 Å². The molecule has 1 fully saturated rings. The molecule has 0 heterocycles. The van der Waals surface area contributed by atoms with Crippen LogP contribution in [0.3, 0.4) is 0 Å². The first-order valence-electron chi connectivity index (χ1n) is 7.08. The number of hydrogen-bond acceptors (Lipinski definition) is 3. The summed E-state index contributed by atoms with van der Waals surface area (Å²) in [5, 5.41) is 5.62. The zero-order chi connectivity index (χ0) is 15.4. The lowest BCUT2D eigenvalue weighted by molar-refractivity contribution is -0.117. The predicted octanol–water partition coefficient (Wildman–Crippen LogP) is 2.16. The topological polar surface area (TPSA) is 84.2 Å². The van der Waals surface area contributed by atoms with Crippen LogP contribution in [0, 0.1) is 5.92 Å². The third-order valence-corrected chi connectivity index (χ3v) is 4.20. The van der Waals surface area contributed by atoms with Crippen molar-refractivity contribution in [2.45, 2.75) is 31.7 Å². The molecule has 2 atom stereocenters. The van der Waals surface area contributed by atoms with Gasteiger partial charge < -0.3 is 16.4 Å². The molecule has 1 aromatic rings. The molecule has 1 aliphatic rings. The summed E-state index contributed by atoms with van der Waals surface area (Å²) in [4.78, 5) is 23.5. The number of amides is 2. The molecule has 21 heavy (non-hydrogen) atoms. The molecular weight excluding hydrogens is 290 g/mol. The van der Waals surface area contributed by atoms with Gasteiger partial charge in [0.1, 0.15) is 0 Å². The summed E-state index contributed by atoms with van der Waals surface area (Å²) in [5.41, 5.74) is 6.94. The molecule has 0 spiro atoms. The standard InChI is InChI=1S/C15H20ClN3O2/c1-18-15(21)11-6-5-10(8-12(11)16)19-14(20)7-9-3-2-4-13(9)17/h5-6,8-9,13H,2-4,7,17H2,1H3,(H,18,21)(H,19,20)/t9-,13+/m0/s1. The van der Waals surface area contributed by atoms with Gasteiger partial charge >= 0.3 is 0 Å². The van der Waals surface area contributed by atoms with E-state index in [1.54, 1.807) is 25.2 Å². The van der Waals surface area contributed by atoms with Crippen LogP contribution in [-0.2, 0) is 4.79 Å². The molecule has 2 rings (SSSR count). The summed E-state index contributed by atoms with van der Waals surface area (Å²) in [7, 11) is 1.54. The van der Waals surface area contributed by atoms with E-state index < -0.39 is 0 Å². The van der Waals surface area contributed by atoms with Crippen molar-refractivity contribution in [1.29, 1.82) is 0 Å². The van der Waals surface area contributed by atoms with Crippen LogP contribution in [0.15, 0.2) is 18.2 Å². The summed E-state index contributed by atoms with van der Waals surface area (Å²) in [5.74, 6) is -0.0680. The van der Waals surface area contributed by atoms with E-state index in [1.165, 1.54) is 0 Å². The van der Waals surface area contributed by atoms with Gasteiger partial charge in [0, 0.05) is 25.2 Å². The second-order valence-electron chi connectivity index (χ2n) is 5.38. The van der Waals surface area contributed by atoms with Crippen molar-refractivity contribution >= 4 is 29.1 Å². The van der Waals surface area contributed by atoms with Crippen molar-refractivity contribution in [2.75, 3.05) is 12.4 Å². The molecule has 0 aliphatic heterocycles. The van der Waals surface area contributed by atoms with Crippen molar-refractivity contribution in [3.8, 4) is 0 Å². The number of nitrogens with two attached hydrogens (primary N) is 1.